The third-order valence-corrected chi connectivity index (χ3v) is 3.22. The van der Waals surface area contributed by atoms with Gasteiger partial charge in [0.05, 0.1) is 4.92 Å². The molecule has 0 heterocycles. The van der Waals surface area contributed by atoms with Crippen molar-refractivity contribution in [2.45, 2.75) is 0 Å². The van der Waals surface area contributed by atoms with Crippen LogP contribution in [0.3, 0.4) is 0 Å². The first-order valence-corrected chi connectivity index (χ1v) is 7.80. The van der Waals surface area contributed by atoms with E-state index in [1.54, 1.807) is 24.3 Å². The predicted molar refractivity (Wildman–Crippen MR) is 96.3 cm³/mol. The van der Waals surface area contributed by atoms with E-state index in [-0.39, 0.29) is 11.4 Å². The molecule has 0 unspecified atom stereocenters. The molecule has 0 aliphatic heterocycles. The van der Waals surface area contributed by atoms with Gasteiger partial charge in [-0.3, -0.25) is 30.6 Å². The number of carbonyl (C=O) groups excluding carboxylic acids is 2. The van der Waals surface area contributed by atoms with Crippen molar-refractivity contribution in [3.8, 4) is 11.5 Å². The normalized spacial score (nSPS) is 9.78. The number of para-hydroxylation sites is 2. The minimum Gasteiger partial charge on any atom is -0.490 e. The number of benzene rings is 2. The molecule has 0 atom stereocenters. The Morgan fingerprint density at radius 2 is 1.78 bits per heavy atom. The molecule has 9 nitrogen and oxygen atoms in total. The Hall–Kier alpha value is -3.88. The molecule has 2 N–H and O–H groups in total. The molecule has 0 bridgehead atoms. The van der Waals surface area contributed by atoms with Gasteiger partial charge in [0.2, 0.25) is 0 Å². The third kappa shape index (κ3) is 5.85. The number of nitro benzene ring substituents is 1. The fourth-order valence-electron chi connectivity index (χ4n) is 1.97. The lowest BCUT2D eigenvalue weighted by Crippen LogP contribution is -2.43. The average molecular weight is 371 g/mol. The third-order valence-electron chi connectivity index (χ3n) is 3.22. The molecule has 0 spiro atoms. The van der Waals surface area contributed by atoms with Crippen molar-refractivity contribution in [2.24, 2.45) is 0 Å². The first-order valence-electron chi connectivity index (χ1n) is 7.80. The van der Waals surface area contributed by atoms with Crippen molar-refractivity contribution in [3.63, 3.8) is 0 Å². The topological polar surface area (TPSA) is 120 Å². The summed E-state index contributed by atoms with van der Waals surface area (Å²) in [6, 6.07) is 11.9. The monoisotopic (exact) mass is 371 g/mol. The van der Waals surface area contributed by atoms with Gasteiger partial charge in [-0.2, -0.15) is 0 Å². The number of ether oxygens (including phenoxy) is 2. The molecule has 2 amide bonds. The SMILES string of the molecule is C=CCOc1ccc(C(=O)NNC(=O)COc2ccccc2[N+](=O)[O-])cc1. The van der Waals surface area contributed by atoms with Crippen LogP contribution < -0.4 is 20.3 Å². The summed E-state index contributed by atoms with van der Waals surface area (Å²) in [5, 5.41) is 10.9. The standard InChI is InChI=1S/C18H17N3O6/c1-2-11-26-14-9-7-13(8-10-14)18(23)20-19-17(22)12-27-16-6-4-3-5-15(16)21(24)25/h2-10H,1,11-12H2,(H,19,22)(H,20,23). The number of nitrogens with zero attached hydrogens (tertiary/aromatic N) is 1. The second kappa shape index (κ2) is 9.56. The van der Waals surface area contributed by atoms with E-state index < -0.39 is 23.3 Å². The summed E-state index contributed by atoms with van der Waals surface area (Å²) in [4.78, 5) is 34.0. The maximum Gasteiger partial charge on any atom is 0.310 e. The van der Waals surface area contributed by atoms with E-state index >= 15 is 0 Å². The molecule has 0 aliphatic carbocycles. The number of amides is 2. The van der Waals surface area contributed by atoms with Gasteiger partial charge >= 0.3 is 5.69 Å². The van der Waals surface area contributed by atoms with Crippen LogP contribution in [-0.2, 0) is 4.79 Å². The Morgan fingerprint density at radius 1 is 1.07 bits per heavy atom. The zero-order valence-corrected chi connectivity index (χ0v) is 14.2. The molecule has 27 heavy (non-hydrogen) atoms. The largest absolute Gasteiger partial charge is 0.490 e. The first-order chi connectivity index (χ1) is 13.0. The molecule has 2 aromatic carbocycles. The van der Waals surface area contributed by atoms with Gasteiger partial charge in [0, 0.05) is 11.6 Å². The molecule has 0 fully saturated rings. The first kappa shape index (κ1) is 19.4. The summed E-state index contributed by atoms with van der Waals surface area (Å²) < 4.78 is 10.4. The van der Waals surface area contributed by atoms with Gasteiger partial charge in [-0.25, -0.2) is 0 Å². The van der Waals surface area contributed by atoms with Crippen LogP contribution in [0.15, 0.2) is 61.2 Å². The number of rotatable bonds is 8. The summed E-state index contributed by atoms with van der Waals surface area (Å²) in [7, 11) is 0. The van der Waals surface area contributed by atoms with Crippen molar-refractivity contribution in [1.82, 2.24) is 10.9 Å². The molecule has 0 aromatic heterocycles. The number of nitrogens with one attached hydrogen (secondary N) is 2. The molecule has 0 saturated carbocycles. The van der Waals surface area contributed by atoms with Crippen LogP contribution in [0, 0.1) is 10.1 Å². The Bertz CT molecular complexity index is 835. The molecule has 9 heteroatoms. The Kier molecular flexibility index (Phi) is 6.89. The van der Waals surface area contributed by atoms with Crippen molar-refractivity contribution in [3.05, 3.63) is 76.9 Å². The van der Waals surface area contributed by atoms with Crippen LogP contribution in [0.5, 0.6) is 11.5 Å². The van der Waals surface area contributed by atoms with E-state index in [1.807, 2.05) is 0 Å². The predicted octanol–water partition coefficient (Wildman–Crippen LogP) is 2.00. The summed E-state index contributed by atoms with van der Waals surface area (Å²) in [6.07, 6.45) is 1.60. The second-order valence-electron chi connectivity index (χ2n) is 5.14. The summed E-state index contributed by atoms with van der Waals surface area (Å²) >= 11 is 0. The van der Waals surface area contributed by atoms with Gasteiger partial charge in [0.1, 0.15) is 12.4 Å². The molecule has 2 aromatic rings. The maximum absolute atomic E-state index is 12.0. The van der Waals surface area contributed by atoms with Crippen molar-refractivity contribution in [1.29, 1.82) is 0 Å². The fourth-order valence-corrected chi connectivity index (χ4v) is 1.97. The second-order valence-corrected chi connectivity index (χ2v) is 5.14. The van der Waals surface area contributed by atoms with E-state index in [4.69, 9.17) is 9.47 Å². The highest BCUT2D eigenvalue weighted by molar-refractivity contribution is 5.95. The van der Waals surface area contributed by atoms with E-state index in [1.165, 1.54) is 30.3 Å². The molecule has 2 rings (SSSR count). The van der Waals surface area contributed by atoms with Crippen LogP contribution in [0.25, 0.3) is 0 Å². The number of carbonyl (C=O) groups is 2. The Balaban J connectivity index is 1.82. The van der Waals surface area contributed by atoms with Crippen LogP contribution in [-0.4, -0.2) is 30.0 Å². The molecule has 0 radical (unpaired) electrons. The van der Waals surface area contributed by atoms with Crippen LogP contribution in [0.1, 0.15) is 10.4 Å². The molecule has 140 valence electrons. The fraction of sp³-hybridized carbons (Fsp3) is 0.111. The van der Waals surface area contributed by atoms with E-state index in [0.717, 1.165) is 0 Å². The zero-order chi connectivity index (χ0) is 19.6. The number of hydrogen-bond acceptors (Lipinski definition) is 6. The Labute approximate surface area is 154 Å². The van der Waals surface area contributed by atoms with Gasteiger partial charge in [-0.1, -0.05) is 24.8 Å². The van der Waals surface area contributed by atoms with Gasteiger partial charge in [-0.15, -0.1) is 0 Å². The molecule has 0 saturated heterocycles. The van der Waals surface area contributed by atoms with Gasteiger partial charge in [0.15, 0.2) is 12.4 Å². The maximum atomic E-state index is 12.0. The summed E-state index contributed by atoms with van der Waals surface area (Å²) in [6.45, 7) is 3.39. The van der Waals surface area contributed by atoms with E-state index in [9.17, 15) is 19.7 Å². The van der Waals surface area contributed by atoms with Crippen molar-refractivity contribution < 1.29 is 24.0 Å². The van der Waals surface area contributed by atoms with Gasteiger partial charge in [-0.05, 0) is 30.3 Å². The van der Waals surface area contributed by atoms with Gasteiger partial charge in [0.25, 0.3) is 11.8 Å². The lowest BCUT2D eigenvalue weighted by Gasteiger charge is -2.09. The highest BCUT2D eigenvalue weighted by atomic mass is 16.6. The minimum absolute atomic E-state index is 0.0425. The molecular weight excluding hydrogens is 354 g/mol. The van der Waals surface area contributed by atoms with Crippen molar-refractivity contribution >= 4 is 17.5 Å². The van der Waals surface area contributed by atoms with E-state index in [0.29, 0.717) is 17.9 Å². The van der Waals surface area contributed by atoms with E-state index in [2.05, 4.69) is 17.4 Å². The number of nitro groups is 1. The Morgan fingerprint density at radius 3 is 2.44 bits per heavy atom. The van der Waals surface area contributed by atoms with Crippen LogP contribution in [0.2, 0.25) is 0 Å². The minimum atomic E-state index is -0.674. The number of hydrogen-bond donors (Lipinski definition) is 2. The van der Waals surface area contributed by atoms with Gasteiger partial charge < -0.3 is 9.47 Å². The zero-order valence-electron chi connectivity index (χ0n) is 14.2. The summed E-state index contributed by atoms with van der Waals surface area (Å²) in [5.41, 5.74) is 4.45. The highest BCUT2D eigenvalue weighted by Crippen LogP contribution is 2.25. The number of hydrazine groups is 1. The lowest BCUT2D eigenvalue weighted by atomic mass is 10.2. The molecule has 0 aliphatic rings. The smallest absolute Gasteiger partial charge is 0.310 e. The average Bonchev–Trinajstić information content (AvgIpc) is 2.69. The van der Waals surface area contributed by atoms with Crippen LogP contribution in [0.4, 0.5) is 5.69 Å². The van der Waals surface area contributed by atoms with Crippen molar-refractivity contribution in [2.75, 3.05) is 13.2 Å². The lowest BCUT2D eigenvalue weighted by molar-refractivity contribution is -0.385. The molecular formula is C18H17N3O6. The quantitative estimate of drug-likeness (QED) is 0.416. The van der Waals surface area contributed by atoms with Crippen LogP contribution >= 0.6 is 0 Å². The highest BCUT2D eigenvalue weighted by Gasteiger charge is 2.15. The summed E-state index contributed by atoms with van der Waals surface area (Å²) in [5.74, 6) is -0.677.